The van der Waals surface area contributed by atoms with Crippen LogP contribution in [0.5, 0.6) is 0 Å². The first kappa shape index (κ1) is 12.7. The molecule has 2 nitrogen and oxygen atoms in total. The molecule has 2 aliphatic carbocycles. The van der Waals surface area contributed by atoms with Gasteiger partial charge in [-0.25, -0.2) is 0 Å². The van der Waals surface area contributed by atoms with Crippen molar-refractivity contribution in [2.75, 3.05) is 0 Å². The van der Waals surface area contributed by atoms with Crippen LogP contribution < -0.4 is 5.32 Å². The van der Waals surface area contributed by atoms with Gasteiger partial charge in [0.25, 0.3) is 0 Å². The topological polar surface area (TPSA) is 29.1 Å². The van der Waals surface area contributed by atoms with E-state index in [1.54, 1.807) is 0 Å². The first-order valence-electron chi connectivity index (χ1n) is 7.73. The van der Waals surface area contributed by atoms with Crippen molar-refractivity contribution in [3.05, 3.63) is 35.4 Å². The van der Waals surface area contributed by atoms with Crippen molar-refractivity contribution in [2.24, 2.45) is 0 Å². The van der Waals surface area contributed by atoms with E-state index in [1.807, 2.05) is 0 Å². The number of hydrogen-bond acceptors (Lipinski definition) is 1. The Morgan fingerprint density at radius 3 is 2.63 bits per heavy atom. The van der Waals surface area contributed by atoms with Gasteiger partial charge in [0.1, 0.15) is 0 Å². The van der Waals surface area contributed by atoms with Gasteiger partial charge in [-0.2, -0.15) is 0 Å². The standard InChI is InChI=1S/C17H23NO/c19-17(18-14-9-2-1-3-10-14)16-12-6-8-13-7-4-5-11-15(13)16/h4-5,7,11,14,16H,1-3,6,8-10,12H2,(H,18,19)/t16-/m1/s1. The van der Waals surface area contributed by atoms with E-state index in [-0.39, 0.29) is 11.8 Å². The first-order chi connectivity index (χ1) is 9.34. The summed E-state index contributed by atoms with van der Waals surface area (Å²) in [4.78, 5) is 12.5. The molecule has 0 aliphatic heterocycles. The fourth-order valence-corrected chi connectivity index (χ4v) is 3.57. The third-order valence-electron chi connectivity index (χ3n) is 4.64. The van der Waals surface area contributed by atoms with E-state index in [1.165, 1.54) is 43.2 Å². The lowest BCUT2D eigenvalue weighted by Crippen LogP contribution is -2.40. The minimum absolute atomic E-state index is 0.0897. The molecule has 0 unspecified atom stereocenters. The van der Waals surface area contributed by atoms with Crippen molar-refractivity contribution < 1.29 is 4.79 Å². The molecule has 2 aliphatic rings. The highest BCUT2D eigenvalue weighted by molar-refractivity contribution is 5.84. The second kappa shape index (κ2) is 5.77. The summed E-state index contributed by atoms with van der Waals surface area (Å²) < 4.78 is 0. The number of rotatable bonds is 2. The molecular weight excluding hydrogens is 234 g/mol. The van der Waals surface area contributed by atoms with Crippen LogP contribution in [0, 0.1) is 0 Å². The quantitative estimate of drug-likeness (QED) is 0.862. The third kappa shape index (κ3) is 2.83. The van der Waals surface area contributed by atoms with Crippen molar-refractivity contribution in [3.63, 3.8) is 0 Å². The van der Waals surface area contributed by atoms with Crippen molar-refractivity contribution in [1.82, 2.24) is 5.32 Å². The Morgan fingerprint density at radius 2 is 1.79 bits per heavy atom. The number of carbonyl (C=O) groups excluding carboxylic acids is 1. The molecular formula is C17H23NO. The van der Waals surface area contributed by atoms with Gasteiger partial charge in [-0.15, -0.1) is 0 Å². The van der Waals surface area contributed by atoms with Crippen LogP contribution in [0.3, 0.4) is 0 Å². The predicted molar refractivity (Wildman–Crippen MR) is 77.1 cm³/mol. The minimum Gasteiger partial charge on any atom is -0.353 e. The van der Waals surface area contributed by atoms with Crippen LogP contribution in [0.15, 0.2) is 24.3 Å². The molecule has 1 fully saturated rings. The summed E-state index contributed by atoms with van der Waals surface area (Å²) in [6.45, 7) is 0. The van der Waals surface area contributed by atoms with Crippen LogP contribution >= 0.6 is 0 Å². The smallest absolute Gasteiger partial charge is 0.227 e. The van der Waals surface area contributed by atoms with Crippen LogP contribution in [-0.2, 0) is 11.2 Å². The minimum atomic E-state index is 0.0897. The molecule has 1 saturated carbocycles. The highest BCUT2D eigenvalue weighted by Crippen LogP contribution is 2.32. The monoisotopic (exact) mass is 257 g/mol. The Bertz CT molecular complexity index is 448. The molecule has 0 bridgehead atoms. The normalized spacial score (nSPS) is 23.7. The number of hydrogen-bond donors (Lipinski definition) is 1. The van der Waals surface area contributed by atoms with Gasteiger partial charge < -0.3 is 5.32 Å². The van der Waals surface area contributed by atoms with Crippen molar-refractivity contribution in [3.8, 4) is 0 Å². The summed E-state index contributed by atoms with van der Waals surface area (Å²) >= 11 is 0. The van der Waals surface area contributed by atoms with Crippen molar-refractivity contribution >= 4 is 5.91 Å². The van der Waals surface area contributed by atoms with Crippen molar-refractivity contribution in [2.45, 2.75) is 63.3 Å². The van der Waals surface area contributed by atoms with E-state index >= 15 is 0 Å². The molecule has 102 valence electrons. The maximum absolute atomic E-state index is 12.5. The Morgan fingerprint density at radius 1 is 1.00 bits per heavy atom. The highest BCUT2D eigenvalue weighted by Gasteiger charge is 2.27. The first-order valence-corrected chi connectivity index (χ1v) is 7.73. The largest absolute Gasteiger partial charge is 0.353 e. The van der Waals surface area contributed by atoms with Crippen LogP contribution in [0.4, 0.5) is 0 Å². The molecule has 0 radical (unpaired) electrons. The Kier molecular flexibility index (Phi) is 3.86. The number of nitrogens with one attached hydrogen (secondary N) is 1. The summed E-state index contributed by atoms with van der Waals surface area (Å²) in [7, 11) is 0. The van der Waals surface area contributed by atoms with E-state index in [4.69, 9.17) is 0 Å². The molecule has 1 atom stereocenters. The van der Waals surface area contributed by atoms with E-state index < -0.39 is 0 Å². The third-order valence-corrected chi connectivity index (χ3v) is 4.64. The van der Waals surface area contributed by atoms with Crippen LogP contribution in [-0.4, -0.2) is 11.9 Å². The summed E-state index contributed by atoms with van der Waals surface area (Å²) in [6, 6.07) is 8.88. The maximum Gasteiger partial charge on any atom is 0.227 e. The second-order valence-electron chi connectivity index (χ2n) is 5.99. The van der Waals surface area contributed by atoms with Gasteiger partial charge >= 0.3 is 0 Å². The number of aryl methyl sites for hydroxylation is 1. The summed E-state index contributed by atoms with van der Waals surface area (Å²) in [5.74, 6) is 0.353. The Labute approximate surface area is 115 Å². The zero-order chi connectivity index (χ0) is 13.1. The molecule has 19 heavy (non-hydrogen) atoms. The van der Waals surface area contributed by atoms with E-state index in [2.05, 4.69) is 29.6 Å². The molecule has 1 aromatic rings. The van der Waals surface area contributed by atoms with Crippen LogP contribution in [0.1, 0.15) is 62.0 Å². The summed E-state index contributed by atoms with van der Waals surface area (Å²) in [5, 5.41) is 3.29. The predicted octanol–water partition coefficient (Wildman–Crippen LogP) is 3.56. The molecule has 1 amide bonds. The summed E-state index contributed by atoms with van der Waals surface area (Å²) in [6.07, 6.45) is 9.48. The van der Waals surface area contributed by atoms with E-state index in [0.29, 0.717) is 6.04 Å². The zero-order valence-electron chi connectivity index (χ0n) is 11.5. The van der Waals surface area contributed by atoms with Gasteiger partial charge in [-0.3, -0.25) is 4.79 Å². The Balaban J connectivity index is 1.70. The van der Waals surface area contributed by atoms with Gasteiger partial charge in [0.15, 0.2) is 0 Å². The van der Waals surface area contributed by atoms with Gasteiger partial charge in [-0.1, -0.05) is 43.5 Å². The lowest BCUT2D eigenvalue weighted by molar-refractivity contribution is -0.123. The highest BCUT2D eigenvalue weighted by atomic mass is 16.1. The van der Waals surface area contributed by atoms with Crippen molar-refractivity contribution in [1.29, 1.82) is 0 Å². The fourth-order valence-electron chi connectivity index (χ4n) is 3.57. The molecule has 0 saturated heterocycles. The Hall–Kier alpha value is -1.31. The fraction of sp³-hybridized carbons (Fsp3) is 0.588. The summed E-state index contributed by atoms with van der Waals surface area (Å²) in [5.41, 5.74) is 2.64. The number of fused-ring (bicyclic) bond motifs is 1. The molecule has 1 N–H and O–H groups in total. The number of carbonyl (C=O) groups is 1. The van der Waals surface area contributed by atoms with E-state index in [0.717, 1.165) is 19.3 Å². The number of benzene rings is 1. The van der Waals surface area contributed by atoms with Gasteiger partial charge in [0.2, 0.25) is 5.91 Å². The van der Waals surface area contributed by atoms with Gasteiger partial charge in [0, 0.05) is 6.04 Å². The zero-order valence-corrected chi connectivity index (χ0v) is 11.5. The van der Waals surface area contributed by atoms with E-state index in [9.17, 15) is 4.79 Å². The average molecular weight is 257 g/mol. The molecule has 2 heteroatoms. The lowest BCUT2D eigenvalue weighted by Gasteiger charge is -2.28. The molecule has 3 rings (SSSR count). The van der Waals surface area contributed by atoms with Crippen LogP contribution in [0.2, 0.25) is 0 Å². The maximum atomic E-state index is 12.5. The van der Waals surface area contributed by atoms with Gasteiger partial charge in [0.05, 0.1) is 5.92 Å². The molecule has 0 heterocycles. The lowest BCUT2D eigenvalue weighted by atomic mass is 9.82. The average Bonchev–Trinajstić information content (AvgIpc) is 2.47. The molecule has 0 aromatic heterocycles. The molecule has 1 aromatic carbocycles. The van der Waals surface area contributed by atoms with Gasteiger partial charge in [-0.05, 0) is 43.2 Å². The number of amides is 1. The van der Waals surface area contributed by atoms with Crippen LogP contribution in [0.25, 0.3) is 0 Å². The molecule has 0 spiro atoms. The SMILES string of the molecule is O=C(NC1CCCCC1)[C@@H]1CCCc2ccccc21. The second-order valence-corrected chi connectivity index (χ2v) is 5.99.